The summed E-state index contributed by atoms with van der Waals surface area (Å²) in [5.41, 5.74) is 6.70. The molecule has 36 heavy (non-hydrogen) atoms. The van der Waals surface area contributed by atoms with E-state index < -0.39 is 0 Å². The molecule has 2 nitrogen and oxygen atoms in total. The van der Waals surface area contributed by atoms with Crippen LogP contribution in [0.5, 0.6) is 0 Å². The number of hydrogen-bond donors (Lipinski definition) is 0. The minimum Gasteiger partial charge on any atom is -0.295 e. The Kier molecular flexibility index (Phi) is 14.6. The highest BCUT2D eigenvalue weighted by Crippen LogP contribution is 2.23. The maximum Gasteiger partial charge on any atom is 0.157 e. The molecule has 3 aromatic rings. The van der Waals surface area contributed by atoms with E-state index in [1.165, 1.54) is 23.3 Å². The first-order valence-electron chi connectivity index (χ1n) is 12.8. The SMILES string of the molecule is CC(c1ccccc1)c1ccccc1.CCC/C(C(C)=O)=C(\CC)N=C(C)C.Cc1ccc(F)cc1. The summed E-state index contributed by atoms with van der Waals surface area (Å²) in [5, 5.41) is 0. The molecule has 0 bridgehead atoms. The van der Waals surface area contributed by atoms with Crippen molar-refractivity contribution in [2.24, 2.45) is 4.99 Å². The summed E-state index contributed by atoms with van der Waals surface area (Å²) in [4.78, 5) is 15.8. The van der Waals surface area contributed by atoms with Gasteiger partial charge < -0.3 is 0 Å². The highest BCUT2D eigenvalue weighted by molar-refractivity contribution is 5.94. The average Bonchev–Trinajstić information content (AvgIpc) is 2.89. The first-order valence-corrected chi connectivity index (χ1v) is 12.8. The molecule has 192 valence electrons. The highest BCUT2D eigenvalue weighted by Gasteiger charge is 2.08. The minimum atomic E-state index is -0.171. The van der Waals surface area contributed by atoms with Gasteiger partial charge in [-0.05, 0) is 63.8 Å². The molecule has 0 radical (unpaired) electrons. The van der Waals surface area contributed by atoms with Crippen LogP contribution in [0, 0.1) is 12.7 Å². The molecule has 0 aromatic heterocycles. The van der Waals surface area contributed by atoms with Gasteiger partial charge in [-0.1, -0.05) is 106 Å². The Morgan fingerprint density at radius 3 is 1.61 bits per heavy atom. The number of benzene rings is 3. The van der Waals surface area contributed by atoms with Gasteiger partial charge in [-0.25, -0.2) is 4.39 Å². The first kappa shape index (κ1) is 30.7. The summed E-state index contributed by atoms with van der Waals surface area (Å²) in [6.07, 6.45) is 2.67. The summed E-state index contributed by atoms with van der Waals surface area (Å²) in [6.45, 7) is 13.8. The van der Waals surface area contributed by atoms with Gasteiger partial charge in [0.15, 0.2) is 5.78 Å². The number of ketones is 1. The minimum absolute atomic E-state index is 0.161. The van der Waals surface area contributed by atoms with Gasteiger partial charge in [0.2, 0.25) is 0 Å². The highest BCUT2D eigenvalue weighted by atomic mass is 19.1. The van der Waals surface area contributed by atoms with Crippen LogP contribution in [0.4, 0.5) is 4.39 Å². The monoisotopic (exact) mass is 487 g/mol. The predicted molar refractivity (Wildman–Crippen MR) is 153 cm³/mol. The van der Waals surface area contributed by atoms with Gasteiger partial charge in [0, 0.05) is 22.9 Å². The number of aryl methyl sites for hydroxylation is 1. The Morgan fingerprint density at radius 1 is 0.806 bits per heavy atom. The molecular formula is C33H42FNO. The molecule has 0 fully saturated rings. The molecule has 0 aliphatic heterocycles. The number of allylic oxidation sites excluding steroid dienone is 2. The Bertz CT molecular complexity index is 1020. The lowest BCUT2D eigenvalue weighted by atomic mass is 9.93. The van der Waals surface area contributed by atoms with Crippen LogP contribution >= 0.6 is 0 Å². The molecule has 3 aromatic carbocycles. The van der Waals surface area contributed by atoms with E-state index in [4.69, 9.17) is 0 Å². The van der Waals surface area contributed by atoms with E-state index in [2.05, 4.69) is 79.5 Å². The second kappa shape index (κ2) is 17.2. The number of aliphatic imine (C=N–C) groups is 1. The van der Waals surface area contributed by atoms with Gasteiger partial charge in [-0.3, -0.25) is 9.79 Å². The third-order valence-electron chi connectivity index (χ3n) is 5.58. The zero-order valence-corrected chi connectivity index (χ0v) is 23.0. The normalized spacial score (nSPS) is 10.8. The number of hydrogen-bond acceptors (Lipinski definition) is 2. The maximum atomic E-state index is 12.1. The van der Waals surface area contributed by atoms with Crippen LogP contribution < -0.4 is 0 Å². The van der Waals surface area contributed by atoms with Crippen molar-refractivity contribution in [1.29, 1.82) is 0 Å². The number of halogens is 1. The lowest BCUT2D eigenvalue weighted by Crippen LogP contribution is -2.01. The van der Waals surface area contributed by atoms with E-state index in [0.29, 0.717) is 5.92 Å². The van der Waals surface area contributed by atoms with Crippen molar-refractivity contribution in [3.8, 4) is 0 Å². The van der Waals surface area contributed by atoms with E-state index in [1.807, 2.05) is 27.7 Å². The Balaban J connectivity index is 0.000000281. The van der Waals surface area contributed by atoms with E-state index >= 15 is 0 Å². The summed E-state index contributed by atoms with van der Waals surface area (Å²) in [5.74, 6) is 0.474. The summed E-state index contributed by atoms with van der Waals surface area (Å²) >= 11 is 0. The number of carbonyl (C=O) groups is 1. The summed E-state index contributed by atoms with van der Waals surface area (Å²) < 4.78 is 12.1. The molecule has 3 heteroatoms. The number of nitrogens with zero attached hydrogens (tertiary/aromatic N) is 1. The fraction of sp³-hybridized carbons (Fsp3) is 0.333. The van der Waals surface area contributed by atoms with Gasteiger partial charge in [0.25, 0.3) is 0 Å². The number of carbonyl (C=O) groups excluding carboxylic acids is 1. The van der Waals surface area contributed by atoms with Crippen LogP contribution in [0.15, 0.2) is 101 Å². The molecule has 0 amide bonds. The van der Waals surface area contributed by atoms with Crippen molar-refractivity contribution in [2.75, 3.05) is 0 Å². The van der Waals surface area contributed by atoms with Crippen LogP contribution in [-0.2, 0) is 4.79 Å². The van der Waals surface area contributed by atoms with Crippen LogP contribution in [0.3, 0.4) is 0 Å². The fourth-order valence-electron chi connectivity index (χ4n) is 3.61. The van der Waals surface area contributed by atoms with Gasteiger partial charge in [-0.2, -0.15) is 0 Å². The van der Waals surface area contributed by atoms with E-state index in [9.17, 15) is 9.18 Å². The van der Waals surface area contributed by atoms with Crippen molar-refractivity contribution in [3.63, 3.8) is 0 Å². The van der Waals surface area contributed by atoms with Gasteiger partial charge in [-0.15, -0.1) is 0 Å². The number of Topliss-reactive ketones (excluding diaryl/α,β-unsaturated/α-hetero) is 1. The van der Waals surface area contributed by atoms with Crippen molar-refractivity contribution in [2.45, 2.75) is 73.6 Å². The molecule has 0 aliphatic rings. The van der Waals surface area contributed by atoms with Crippen molar-refractivity contribution >= 4 is 11.5 Å². The smallest absolute Gasteiger partial charge is 0.157 e. The van der Waals surface area contributed by atoms with Crippen molar-refractivity contribution in [3.05, 3.63) is 119 Å². The zero-order valence-electron chi connectivity index (χ0n) is 23.0. The van der Waals surface area contributed by atoms with E-state index in [1.54, 1.807) is 19.1 Å². The predicted octanol–water partition coefficient (Wildman–Crippen LogP) is 9.49. The first-order chi connectivity index (χ1) is 17.2. The van der Waals surface area contributed by atoms with Crippen LogP contribution in [0.2, 0.25) is 0 Å². The number of rotatable bonds is 7. The third kappa shape index (κ3) is 11.9. The molecule has 0 spiro atoms. The third-order valence-corrected chi connectivity index (χ3v) is 5.58. The van der Waals surface area contributed by atoms with E-state index in [-0.39, 0.29) is 11.6 Å². The standard InChI is InChI=1S/C14H14.C12H21NO.C7H7F/c1-12(13-8-4-2-5-9-13)14-10-6-3-7-11-14;1-6-8-11(10(5)14)12(7-2)13-9(3)4;1-6-2-4-7(8)5-3-6/h2-12H,1H3;6-8H2,1-5H3;2-5H,1H3/b;12-11-;. The second-order valence-electron chi connectivity index (χ2n) is 8.98. The zero-order chi connectivity index (χ0) is 26.9. The van der Waals surface area contributed by atoms with Crippen molar-refractivity contribution < 1.29 is 9.18 Å². The topological polar surface area (TPSA) is 29.4 Å². The average molecular weight is 488 g/mol. The molecule has 0 saturated carbocycles. The van der Waals surface area contributed by atoms with Crippen LogP contribution in [-0.4, -0.2) is 11.5 Å². The van der Waals surface area contributed by atoms with Crippen LogP contribution in [0.25, 0.3) is 0 Å². The molecular weight excluding hydrogens is 445 g/mol. The second-order valence-corrected chi connectivity index (χ2v) is 8.98. The molecule has 3 rings (SSSR count). The molecule has 0 saturated heterocycles. The molecule has 0 N–H and O–H groups in total. The lowest BCUT2D eigenvalue weighted by molar-refractivity contribution is -0.113. The van der Waals surface area contributed by atoms with Gasteiger partial charge in [0.1, 0.15) is 5.82 Å². The summed E-state index contributed by atoms with van der Waals surface area (Å²) in [7, 11) is 0. The summed E-state index contributed by atoms with van der Waals surface area (Å²) in [6, 6.07) is 27.6. The largest absolute Gasteiger partial charge is 0.295 e. The van der Waals surface area contributed by atoms with Crippen molar-refractivity contribution in [1.82, 2.24) is 0 Å². The lowest BCUT2D eigenvalue weighted by Gasteiger charge is -2.11. The molecule has 0 unspecified atom stereocenters. The Morgan fingerprint density at radius 2 is 1.28 bits per heavy atom. The maximum absolute atomic E-state index is 12.1. The van der Waals surface area contributed by atoms with Crippen LogP contribution in [0.1, 0.15) is 83.4 Å². The molecule has 0 aliphatic carbocycles. The Labute approximate surface area is 218 Å². The quantitative estimate of drug-likeness (QED) is 0.241. The molecule has 0 heterocycles. The fourth-order valence-corrected chi connectivity index (χ4v) is 3.61. The van der Waals surface area contributed by atoms with Gasteiger partial charge >= 0.3 is 0 Å². The molecule has 0 atom stereocenters. The Hall–Kier alpha value is -3.33. The van der Waals surface area contributed by atoms with E-state index in [0.717, 1.165) is 41.8 Å². The van der Waals surface area contributed by atoms with Gasteiger partial charge in [0.05, 0.1) is 0 Å².